The van der Waals surface area contributed by atoms with Crippen LogP contribution in [-0.4, -0.2) is 39.3 Å². The summed E-state index contributed by atoms with van der Waals surface area (Å²) >= 11 is 0. The Balaban J connectivity index is 2.13. The van der Waals surface area contributed by atoms with Crippen molar-refractivity contribution in [2.24, 2.45) is 0 Å². The van der Waals surface area contributed by atoms with Crippen LogP contribution in [0.25, 0.3) is 22.3 Å². The van der Waals surface area contributed by atoms with Gasteiger partial charge in [0.2, 0.25) is 0 Å². The van der Waals surface area contributed by atoms with Crippen molar-refractivity contribution in [1.82, 2.24) is 9.97 Å². The van der Waals surface area contributed by atoms with E-state index in [1.54, 1.807) is 30.5 Å². The molecule has 0 unspecified atom stereocenters. The lowest BCUT2D eigenvalue weighted by atomic mass is 9.96. The summed E-state index contributed by atoms with van der Waals surface area (Å²) in [4.78, 5) is 8.32. The maximum atomic E-state index is 11.6. The van der Waals surface area contributed by atoms with Crippen molar-refractivity contribution < 1.29 is 16.8 Å². The van der Waals surface area contributed by atoms with Crippen molar-refractivity contribution in [2.75, 3.05) is 18.2 Å². The molecule has 2 N–H and O–H groups in total. The number of nitrogens with two attached hydrogens (primary N) is 1. The lowest BCUT2D eigenvalue weighted by Gasteiger charge is -2.12. The van der Waals surface area contributed by atoms with Crippen molar-refractivity contribution in [2.45, 2.75) is 9.92 Å². The average molecular weight is 403 g/mol. The molecule has 7 nitrogen and oxygen atoms in total. The van der Waals surface area contributed by atoms with Gasteiger partial charge in [0.15, 0.2) is 24.7 Å². The fourth-order valence-corrected chi connectivity index (χ4v) is 3.84. The van der Waals surface area contributed by atoms with Crippen LogP contribution in [0.1, 0.15) is 0 Å². The second kappa shape index (κ2) is 6.75. The van der Waals surface area contributed by atoms with Crippen LogP contribution in [0.2, 0.25) is 0 Å². The van der Waals surface area contributed by atoms with Crippen molar-refractivity contribution in [3.63, 3.8) is 0 Å². The smallest absolute Gasteiger partial charge is 0.192 e. The highest BCUT2D eigenvalue weighted by atomic mass is 32.2. The number of nitrogen functional groups attached to an aromatic ring is 1. The molecule has 0 saturated carbocycles. The molecule has 3 rings (SSSR count). The zero-order valence-electron chi connectivity index (χ0n) is 14.6. The van der Waals surface area contributed by atoms with E-state index in [1.165, 1.54) is 24.4 Å². The van der Waals surface area contributed by atoms with E-state index in [0.717, 1.165) is 23.6 Å². The predicted octanol–water partition coefficient (Wildman–Crippen LogP) is 2.20. The van der Waals surface area contributed by atoms with E-state index in [1.807, 2.05) is 0 Å². The van der Waals surface area contributed by atoms with Gasteiger partial charge < -0.3 is 5.73 Å². The summed E-state index contributed by atoms with van der Waals surface area (Å²) < 4.78 is 46.5. The summed E-state index contributed by atoms with van der Waals surface area (Å²) in [6, 6.07) is 11.2. The highest BCUT2D eigenvalue weighted by molar-refractivity contribution is 7.91. The van der Waals surface area contributed by atoms with E-state index in [-0.39, 0.29) is 15.7 Å². The Bertz CT molecular complexity index is 1200. The third kappa shape index (κ3) is 3.99. The summed E-state index contributed by atoms with van der Waals surface area (Å²) in [5, 5.41) is -0.0345. The van der Waals surface area contributed by atoms with Gasteiger partial charge in [-0.3, -0.25) is 0 Å². The average Bonchev–Trinajstić information content (AvgIpc) is 2.60. The Labute approximate surface area is 157 Å². The molecular weight excluding hydrogens is 386 g/mol. The van der Waals surface area contributed by atoms with Crippen LogP contribution in [0.15, 0.2) is 64.8 Å². The number of pyridine rings is 2. The van der Waals surface area contributed by atoms with E-state index in [4.69, 9.17) is 5.73 Å². The molecule has 0 atom stereocenters. The Kier molecular flexibility index (Phi) is 4.75. The van der Waals surface area contributed by atoms with Crippen LogP contribution in [0.5, 0.6) is 0 Å². The molecule has 0 aliphatic rings. The number of sulfone groups is 2. The highest BCUT2D eigenvalue weighted by Gasteiger charge is 2.15. The molecule has 0 saturated heterocycles. The fourth-order valence-electron chi connectivity index (χ4n) is 2.65. The summed E-state index contributed by atoms with van der Waals surface area (Å²) in [7, 11) is -6.70. The Morgan fingerprint density at radius 2 is 1.41 bits per heavy atom. The predicted molar refractivity (Wildman–Crippen MR) is 104 cm³/mol. The van der Waals surface area contributed by atoms with Gasteiger partial charge in [0.25, 0.3) is 0 Å². The number of benzene rings is 1. The third-order valence-electron chi connectivity index (χ3n) is 3.98. The van der Waals surface area contributed by atoms with Gasteiger partial charge in [-0.1, -0.05) is 12.1 Å². The number of rotatable bonds is 4. The standard InChI is InChI=1S/C18H17N3O4S2/c1-26(22,23)14-6-3-12(4-7-14)15-9-10-20-18(19)17(15)13-5-8-16(21-11-13)27(2,24)25/h3-11H,1-2H3,(H2,19,20). The fraction of sp³-hybridized carbons (Fsp3) is 0.111. The van der Waals surface area contributed by atoms with Gasteiger partial charge in [0.05, 0.1) is 4.90 Å². The molecule has 0 aliphatic heterocycles. The monoisotopic (exact) mass is 403 g/mol. The van der Waals surface area contributed by atoms with Crippen molar-refractivity contribution in [3.8, 4) is 22.3 Å². The first-order valence-electron chi connectivity index (χ1n) is 7.79. The molecule has 27 heavy (non-hydrogen) atoms. The quantitative estimate of drug-likeness (QED) is 0.709. The number of aromatic nitrogens is 2. The van der Waals surface area contributed by atoms with E-state index in [9.17, 15) is 16.8 Å². The third-order valence-corrected chi connectivity index (χ3v) is 6.11. The topological polar surface area (TPSA) is 120 Å². The van der Waals surface area contributed by atoms with Gasteiger partial charge in [-0.15, -0.1) is 0 Å². The Morgan fingerprint density at radius 3 is 1.93 bits per heavy atom. The molecule has 0 fully saturated rings. The van der Waals surface area contributed by atoms with Crippen LogP contribution >= 0.6 is 0 Å². The number of hydrogen-bond donors (Lipinski definition) is 1. The minimum absolute atomic E-state index is 0.0345. The first-order chi connectivity index (χ1) is 12.6. The Morgan fingerprint density at radius 1 is 0.778 bits per heavy atom. The summed E-state index contributed by atoms with van der Waals surface area (Å²) in [6.07, 6.45) is 5.21. The van der Waals surface area contributed by atoms with Gasteiger partial charge in [-0.05, 0) is 41.5 Å². The first-order valence-corrected chi connectivity index (χ1v) is 11.6. The van der Waals surface area contributed by atoms with Crippen LogP contribution in [-0.2, 0) is 19.7 Å². The molecule has 0 amide bonds. The molecule has 2 heterocycles. The zero-order chi connectivity index (χ0) is 19.8. The number of anilines is 1. The minimum atomic E-state index is -3.41. The molecule has 0 radical (unpaired) electrons. The normalized spacial score (nSPS) is 12.1. The van der Waals surface area contributed by atoms with Crippen molar-refractivity contribution in [1.29, 1.82) is 0 Å². The second-order valence-corrected chi connectivity index (χ2v) is 10.1. The molecule has 0 spiro atoms. The molecule has 2 aromatic heterocycles. The molecule has 0 aliphatic carbocycles. The lowest BCUT2D eigenvalue weighted by Crippen LogP contribution is -2.01. The number of hydrogen-bond acceptors (Lipinski definition) is 7. The van der Waals surface area contributed by atoms with Gasteiger partial charge >= 0.3 is 0 Å². The van der Waals surface area contributed by atoms with Gasteiger partial charge in [-0.2, -0.15) is 0 Å². The minimum Gasteiger partial charge on any atom is -0.383 e. The molecule has 9 heteroatoms. The van der Waals surface area contributed by atoms with Crippen LogP contribution in [0, 0.1) is 0 Å². The van der Waals surface area contributed by atoms with E-state index < -0.39 is 19.7 Å². The van der Waals surface area contributed by atoms with Crippen LogP contribution < -0.4 is 5.73 Å². The van der Waals surface area contributed by atoms with Crippen LogP contribution in [0.4, 0.5) is 5.82 Å². The van der Waals surface area contributed by atoms with Crippen LogP contribution in [0.3, 0.4) is 0 Å². The second-order valence-electron chi connectivity index (χ2n) is 6.07. The van der Waals surface area contributed by atoms with Crippen molar-refractivity contribution in [3.05, 3.63) is 54.9 Å². The maximum Gasteiger partial charge on any atom is 0.192 e. The number of nitrogens with zero attached hydrogens (tertiary/aromatic N) is 2. The zero-order valence-corrected chi connectivity index (χ0v) is 16.3. The van der Waals surface area contributed by atoms with E-state index >= 15 is 0 Å². The summed E-state index contributed by atoms with van der Waals surface area (Å²) in [6.45, 7) is 0. The molecular formula is C18H17N3O4S2. The van der Waals surface area contributed by atoms with Gasteiger partial charge in [0, 0.05) is 36.0 Å². The molecule has 3 aromatic rings. The van der Waals surface area contributed by atoms with Gasteiger partial charge in [-0.25, -0.2) is 26.8 Å². The summed E-state index contributed by atoms with van der Waals surface area (Å²) in [5.74, 6) is 0.258. The largest absolute Gasteiger partial charge is 0.383 e. The Hall–Kier alpha value is -2.78. The highest BCUT2D eigenvalue weighted by Crippen LogP contribution is 2.35. The molecule has 140 valence electrons. The lowest BCUT2D eigenvalue weighted by molar-refractivity contribution is 0.597. The summed E-state index contributed by atoms with van der Waals surface area (Å²) in [5.41, 5.74) is 8.74. The molecule has 1 aromatic carbocycles. The first kappa shape index (κ1) is 19.0. The molecule has 0 bridgehead atoms. The van der Waals surface area contributed by atoms with Gasteiger partial charge in [0.1, 0.15) is 5.82 Å². The van der Waals surface area contributed by atoms with E-state index in [0.29, 0.717) is 11.1 Å². The van der Waals surface area contributed by atoms with E-state index in [2.05, 4.69) is 9.97 Å². The maximum absolute atomic E-state index is 11.6. The SMILES string of the molecule is CS(=O)(=O)c1ccc(-c2ccnc(N)c2-c2ccc(S(C)(=O)=O)nc2)cc1. The van der Waals surface area contributed by atoms with Crippen molar-refractivity contribution >= 4 is 25.5 Å².